The van der Waals surface area contributed by atoms with Crippen LogP contribution in [0.15, 0.2) is 274 Å². The van der Waals surface area contributed by atoms with E-state index in [0.717, 1.165) is 0 Å². The van der Waals surface area contributed by atoms with Gasteiger partial charge in [-0.1, -0.05) is 282 Å². The predicted octanol–water partition coefficient (Wildman–Crippen LogP) is 21.2. The standard InChI is InChI=1S/C31H35N2.C23H27N2.C17H23N2.C17H17N2.C15H15N2/c1-20-17-21(2)19-24(18-20)28-26(23-14-10-9-11-15-23)29-31(6,7)30(4,5)25-16-12-13-22(3)27(25)33(29)32(28)8;1-16-11-10-14-19-20(16)25-21(23(4,5)22(19,2)3)18(15-24(25)6)17-12-8-7-9-13-17;1-12-8-7-9-13-15(12)19-14(10-11-18(19)6)17(4,5)16(13,2)3;1-14-8-6-7-11-16(14)19-13-12-17(18(19)2)15-9-4-3-5-10-15;1-12-7-3-5-9-14(12)17-15-10-6-4-8-13(15)11-16(17)2/h9-19H,1-8H3;7-15H,1-6H3;7-11H,1-6H3;3-13H,1-2H3;3-11H,1-2H3/q5*+1. The van der Waals surface area contributed by atoms with Gasteiger partial charge in [0.1, 0.15) is 45.3 Å². The lowest BCUT2D eigenvalue weighted by atomic mass is 9.59. The molecule has 3 aliphatic heterocycles. The minimum absolute atomic E-state index is 0.000226. The summed E-state index contributed by atoms with van der Waals surface area (Å²) in [5.74, 6) is 0. The van der Waals surface area contributed by atoms with Crippen LogP contribution in [-0.2, 0) is 67.7 Å². The quantitative estimate of drug-likeness (QED) is 0.149. The highest BCUT2D eigenvalue weighted by Crippen LogP contribution is 2.56. The maximum atomic E-state index is 2.51. The molecule has 3 aliphatic rings. The molecule has 0 saturated carbocycles. The van der Waals surface area contributed by atoms with Gasteiger partial charge in [0, 0.05) is 55.7 Å². The van der Waals surface area contributed by atoms with E-state index in [0.29, 0.717) is 0 Å². The van der Waals surface area contributed by atoms with Crippen LogP contribution in [0.25, 0.3) is 84.1 Å². The van der Waals surface area contributed by atoms with Gasteiger partial charge in [0.25, 0.3) is 0 Å². The number of nitrogens with zero attached hydrogens (tertiary/aromatic N) is 10. The molecule has 18 rings (SSSR count). The largest absolute Gasteiger partial charge is 0.246 e. The fourth-order valence-electron chi connectivity index (χ4n) is 18.3. The van der Waals surface area contributed by atoms with Crippen molar-refractivity contribution in [3.05, 3.63) is 346 Å². The lowest BCUT2D eigenvalue weighted by Crippen LogP contribution is -2.51. The van der Waals surface area contributed by atoms with Crippen molar-refractivity contribution in [1.29, 1.82) is 0 Å². The molecular weight excluding hydrogens is 1380 g/mol. The van der Waals surface area contributed by atoms with E-state index in [9.17, 15) is 0 Å². The summed E-state index contributed by atoms with van der Waals surface area (Å²) in [5.41, 5.74) is 35.7. The maximum Gasteiger partial charge on any atom is 0.246 e. The molecule has 0 fully saturated rings. The van der Waals surface area contributed by atoms with E-state index in [-0.39, 0.29) is 32.5 Å². The van der Waals surface area contributed by atoms with E-state index in [1.54, 1.807) is 0 Å². The van der Waals surface area contributed by atoms with Crippen molar-refractivity contribution in [2.24, 2.45) is 35.2 Å². The number of rotatable bonds is 6. The smallest absolute Gasteiger partial charge is 0.128 e. The first-order valence-electron chi connectivity index (χ1n) is 40.2. The van der Waals surface area contributed by atoms with Gasteiger partial charge in [-0.3, -0.25) is 0 Å². The van der Waals surface area contributed by atoms with E-state index in [1.807, 2.05) is 6.07 Å². The Morgan fingerprint density at radius 3 is 1.27 bits per heavy atom. The second-order valence-corrected chi connectivity index (χ2v) is 35.1. The van der Waals surface area contributed by atoms with Crippen molar-refractivity contribution >= 4 is 10.9 Å². The summed E-state index contributed by atoms with van der Waals surface area (Å²) in [7, 11) is 10.7. The fourth-order valence-corrected chi connectivity index (χ4v) is 18.3. The highest BCUT2D eigenvalue weighted by molar-refractivity contribution is 5.84. The minimum Gasteiger partial charge on any atom is -0.128 e. The zero-order valence-electron chi connectivity index (χ0n) is 71.5. The van der Waals surface area contributed by atoms with Crippen LogP contribution in [0.2, 0.25) is 0 Å². The molecule has 10 aromatic carbocycles. The molecule has 0 radical (unpaired) electrons. The molecule has 0 aliphatic carbocycles. The van der Waals surface area contributed by atoms with Gasteiger partial charge in [-0.05, 0) is 153 Å². The molecule has 0 spiro atoms. The molecule has 0 unspecified atom stereocenters. The maximum absolute atomic E-state index is 2.51. The van der Waals surface area contributed by atoms with Crippen LogP contribution in [-0.4, -0.2) is 23.4 Å². The lowest BCUT2D eigenvalue weighted by Gasteiger charge is -2.46. The highest BCUT2D eigenvalue weighted by atomic mass is 15.4. The first-order chi connectivity index (χ1) is 53.6. The van der Waals surface area contributed by atoms with Gasteiger partial charge < -0.3 is 0 Å². The Hall–Kier alpha value is -11.5. The zero-order valence-corrected chi connectivity index (χ0v) is 71.5. The number of hydrogen-bond acceptors (Lipinski definition) is 0. The van der Waals surface area contributed by atoms with Crippen LogP contribution in [0.5, 0.6) is 0 Å². The van der Waals surface area contributed by atoms with E-state index in [4.69, 9.17) is 0 Å². The molecule has 574 valence electrons. The molecule has 10 heteroatoms. The zero-order chi connectivity index (χ0) is 80.8. The summed E-state index contributed by atoms with van der Waals surface area (Å²) in [5, 5.41) is 1.26. The van der Waals surface area contributed by atoms with Crippen LogP contribution in [0.3, 0.4) is 0 Å². The Morgan fingerprint density at radius 1 is 0.301 bits per heavy atom. The number of fused-ring (bicyclic) bond motifs is 10. The summed E-state index contributed by atoms with van der Waals surface area (Å²) in [6, 6.07) is 89.0. The van der Waals surface area contributed by atoms with E-state index >= 15 is 0 Å². The number of aryl methyl sites for hydroxylation is 10. The van der Waals surface area contributed by atoms with Crippen molar-refractivity contribution in [2.75, 3.05) is 0 Å². The van der Waals surface area contributed by atoms with E-state index in [2.05, 4.69) is 481 Å². The first kappa shape index (κ1) is 78.2. The summed E-state index contributed by atoms with van der Waals surface area (Å²) in [6.07, 6.45) is 8.71. The van der Waals surface area contributed by atoms with E-state index in [1.165, 1.54) is 157 Å². The van der Waals surface area contributed by atoms with Gasteiger partial charge in [-0.15, -0.1) is 46.8 Å². The molecule has 10 nitrogen and oxygen atoms in total. The molecular formula is C103H117N10+5. The topological polar surface area (TPSA) is 44.0 Å². The molecule has 0 N–H and O–H groups in total. The van der Waals surface area contributed by atoms with Crippen molar-refractivity contribution in [1.82, 2.24) is 23.4 Å². The third kappa shape index (κ3) is 13.1. The van der Waals surface area contributed by atoms with Crippen LogP contribution in [0, 0.1) is 48.5 Å². The summed E-state index contributed by atoms with van der Waals surface area (Å²) < 4.78 is 22.9. The van der Waals surface area contributed by atoms with Crippen molar-refractivity contribution in [3.63, 3.8) is 0 Å². The van der Waals surface area contributed by atoms with Crippen molar-refractivity contribution in [2.45, 2.75) is 164 Å². The summed E-state index contributed by atoms with van der Waals surface area (Å²) in [6.45, 7) is 44.0. The number of para-hydroxylation sites is 6. The molecule has 0 bridgehead atoms. The van der Waals surface area contributed by atoms with Gasteiger partial charge in [-0.2, -0.15) is 0 Å². The highest BCUT2D eigenvalue weighted by Gasteiger charge is 2.55. The average Bonchev–Trinajstić information content (AvgIpc) is 1.59. The van der Waals surface area contributed by atoms with Crippen molar-refractivity contribution in [3.8, 4) is 73.2 Å². The van der Waals surface area contributed by atoms with Gasteiger partial charge in [-0.25, -0.2) is 0 Å². The van der Waals surface area contributed by atoms with Crippen LogP contribution in [0.1, 0.15) is 156 Å². The molecule has 8 heterocycles. The monoisotopic (exact) mass is 1490 g/mol. The number of hydrogen-bond donors (Lipinski definition) is 0. The van der Waals surface area contributed by atoms with Gasteiger partial charge >= 0.3 is 0 Å². The summed E-state index contributed by atoms with van der Waals surface area (Å²) >= 11 is 0. The Labute approximate surface area is 672 Å². The Kier molecular flexibility index (Phi) is 20.5. The Bertz CT molecular complexity index is 6050. The average molecular weight is 1500 g/mol. The molecule has 113 heavy (non-hydrogen) atoms. The lowest BCUT2D eigenvalue weighted by molar-refractivity contribution is -0.745. The predicted molar refractivity (Wildman–Crippen MR) is 465 cm³/mol. The summed E-state index contributed by atoms with van der Waals surface area (Å²) in [4.78, 5) is 0. The second kappa shape index (κ2) is 29.6. The minimum atomic E-state index is -0.0894. The van der Waals surface area contributed by atoms with Crippen LogP contribution < -0.4 is 23.4 Å². The number of benzene rings is 10. The molecule has 5 aromatic heterocycles. The third-order valence-electron chi connectivity index (χ3n) is 26.5. The molecule has 15 aromatic rings. The van der Waals surface area contributed by atoms with Crippen LogP contribution in [0.4, 0.5) is 0 Å². The number of aromatic nitrogens is 10. The SMILES string of the molecule is Cc1cc(C)cc(-c2c(-c3ccccc3)c3n([n+]2C)-c2c(C)cccc2C(C)(C)C3(C)C)c1.Cc1cccc2c1-n1c(c(-c3ccccc3)c[n+]1C)C(C)(C)C2(C)C.Cc1cccc2c1-n1c(cc[n+]1C)C(C)(C)C2(C)C.Cc1ccccc1-n1c2ccccc2c[n+]1C.Cc1ccccc1-n1ccc(-c2ccccc2)[n+]1C. The molecule has 0 amide bonds. The van der Waals surface area contributed by atoms with E-state index < -0.39 is 0 Å². The van der Waals surface area contributed by atoms with Gasteiger partial charge in [0.2, 0.25) is 23.8 Å². The first-order valence-corrected chi connectivity index (χ1v) is 40.2. The molecule has 0 saturated heterocycles. The third-order valence-corrected chi connectivity index (χ3v) is 26.5. The van der Waals surface area contributed by atoms with Crippen LogP contribution >= 0.6 is 0 Å². The van der Waals surface area contributed by atoms with Gasteiger partial charge in [0.15, 0.2) is 41.4 Å². The second-order valence-electron chi connectivity index (χ2n) is 35.1. The molecule has 0 atom stereocenters. The Morgan fingerprint density at radius 2 is 0.735 bits per heavy atom. The van der Waals surface area contributed by atoms with Gasteiger partial charge in [0.05, 0.1) is 28.4 Å². The van der Waals surface area contributed by atoms with Crippen molar-refractivity contribution < 1.29 is 23.4 Å². The normalized spacial score (nSPS) is 15.0. The Balaban J connectivity index is 0.000000120. The fraction of sp³-hybridized carbons (Fsp3) is 0.291.